The molecule has 43 heavy (non-hydrogen) atoms. The van der Waals surface area contributed by atoms with Crippen molar-refractivity contribution in [3.63, 3.8) is 0 Å². The minimum atomic E-state index is -0.848. The van der Waals surface area contributed by atoms with E-state index in [0.29, 0.717) is 45.9 Å². The number of fused-ring (bicyclic) bond motifs is 1. The number of methoxy groups -OCH3 is 1. The number of hydrazone groups is 1. The van der Waals surface area contributed by atoms with E-state index in [1.807, 2.05) is 6.92 Å². The van der Waals surface area contributed by atoms with Crippen molar-refractivity contribution in [2.24, 2.45) is 11.0 Å². The first-order valence-electron chi connectivity index (χ1n) is 14.3. The van der Waals surface area contributed by atoms with Crippen LogP contribution < -0.4 is 25.0 Å². The monoisotopic (exact) mass is 607 g/mol. The normalized spacial score (nSPS) is 14.9. The number of carbonyl (C=O) groups excluding carboxylic acids is 3. The van der Waals surface area contributed by atoms with E-state index in [9.17, 15) is 14.4 Å². The number of nitrogens with zero attached hydrogens (tertiary/aromatic N) is 1. The molecule has 0 bridgehead atoms. The highest BCUT2D eigenvalue weighted by Crippen LogP contribution is 2.40. The van der Waals surface area contributed by atoms with E-state index in [0.717, 1.165) is 35.3 Å². The Hall–Kier alpha value is -4.38. The lowest BCUT2D eigenvalue weighted by Gasteiger charge is -2.18. The second-order valence-corrected chi connectivity index (χ2v) is 11.2. The molecule has 1 aliphatic rings. The molecule has 10 nitrogen and oxygen atoms in total. The summed E-state index contributed by atoms with van der Waals surface area (Å²) in [6, 6.07) is 11.8. The third-order valence-electron chi connectivity index (χ3n) is 6.89. The molecule has 1 heterocycles. The van der Waals surface area contributed by atoms with E-state index in [2.05, 4.69) is 22.8 Å². The molecule has 0 fully saturated rings. The molecule has 228 valence electrons. The molecule has 0 spiro atoms. The average Bonchev–Trinajstić information content (AvgIpc) is 3.35. The summed E-state index contributed by atoms with van der Waals surface area (Å²) in [5.74, 6) is 0.911. The van der Waals surface area contributed by atoms with Crippen molar-refractivity contribution in [3.05, 3.63) is 69.6 Å². The molecule has 0 unspecified atom stereocenters. The van der Waals surface area contributed by atoms with Crippen molar-refractivity contribution in [2.45, 2.75) is 53.1 Å². The maximum Gasteiger partial charge on any atom is 0.341 e. The van der Waals surface area contributed by atoms with Crippen LogP contribution in [0.3, 0.4) is 0 Å². The number of esters is 1. The van der Waals surface area contributed by atoms with Crippen LogP contribution in [0.15, 0.2) is 47.6 Å². The number of nitrogens with one attached hydrogen (secondary N) is 2. The Labute approximate surface area is 255 Å². The Morgan fingerprint density at radius 3 is 2.56 bits per heavy atom. The van der Waals surface area contributed by atoms with E-state index in [1.165, 1.54) is 17.6 Å². The van der Waals surface area contributed by atoms with Crippen molar-refractivity contribution >= 4 is 40.3 Å². The van der Waals surface area contributed by atoms with Crippen LogP contribution in [0.5, 0.6) is 17.2 Å². The summed E-state index contributed by atoms with van der Waals surface area (Å²) in [6.07, 6.45) is 3.30. The maximum absolute atomic E-state index is 13.1. The van der Waals surface area contributed by atoms with Crippen molar-refractivity contribution < 1.29 is 33.3 Å². The first-order chi connectivity index (χ1) is 20.7. The second kappa shape index (κ2) is 14.7. The Bertz CT molecular complexity index is 1480. The zero-order valence-electron chi connectivity index (χ0n) is 25.0. The number of hydrogen-bond donors (Lipinski definition) is 2. The van der Waals surface area contributed by atoms with Gasteiger partial charge in [0.05, 0.1) is 32.1 Å². The third kappa shape index (κ3) is 7.92. The SMILES string of the molecule is CCOC(=O)c1c(NC(=O)c2ccc(O[C@@H](C)C(=O)N/N=C\c3ccc(OCC)c(OC)c3)cc2)sc2c1CC[C@H](C)C2. The summed E-state index contributed by atoms with van der Waals surface area (Å²) in [5, 5.41) is 7.43. The van der Waals surface area contributed by atoms with E-state index in [-0.39, 0.29) is 12.5 Å². The van der Waals surface area contributed by atoms with Gasteiger partial charge in [0, 0.05) is 10.4 Å². The van der Waals surface area contributed by atoms with Crippen molar-refractivity contribution in [1.29, 1.82) is 0 Å². The van der Waals surface area contributed by atoms with E-state index < -0.39 is 18.0 Å². The van der Waals surface area contributed by atoms with Gasteiger partial charge in [-0.3, -0.25) is 9.59 Å². The standard InChI is InChI=1S/C32H37N3O7S/c1-6-40-25-15-9-21(17-26(25)39-5)18-33-35-29(36)20(4)42-23-12-10-22(11-13-23)30(37)34-31-28(32(38)41-7-2)24-14-8-19(3)16-27(24)43-31/h9-13,15,17-20H,6-8,14,16H2,1-5H3,(H,34,37)(H,35,36)/b33-18-/t19-,20-/m0/s1. The molecule has 2 N–H and O–H groups in total. The number of benzene rings is 2. The summed E-state index contributed by atoms with van der Waals surface area (Å²) in [7, 11) is 1.55. The van der Waals surface area contributed by atoms with E-state index in [1.54, 1.807) is 63.4 Å². The van der Waals surface area contributed by atoms with Crippen LogP contribution in [0, 0.1) is 5.92 Å². The van der Waals surface area contributed by atoms with Gasteiger partial charge >= 0.3 is 5.97 Å². The van der Waals surface area contributed by atoms with Gasteiger partial charge in [0.15, 0.2) is 17.6 Å². The minimum absolute atomic E-state index is 0.259. The molecule has 2 amide bonds. The lowest BCUT2D eigenvalue weighted by Crippen LogP contribution is -2.33. The lowest BCUT2D eigenvalue weighted by molar-refractivity contribution is -0.127. The Morgan fingerprint density at radius 2 is 1.86 bits per heavy atom. The van der Waals surface area contributed by atoms with E-state index >= 15 is 0 Å². The quantitative estimate of drug-likeness (QED) is 0.155. The molecular formula is C32H37N3O7S. The maximum atomic E-state index is 13.1. The van der Waals surface area contributed by atoms with Crippen LogP contribution in [0.1, 0.15) is 70.8 Å². The summed E-state index contributed by atoms with van der Waals surface area (Å²) in [6.45, 7) is 8.21. The van der Waals surface area contributed by atoms with Gasteiger partial charge in [0.25, 0.3) is 11.8 Å². The number of ether oxygens (including phenoxy) is 4. The fourth-order valence-corrected chi connectivity index (χ4v) is 6.07. The highest BCUT2D eigenvalue weighted by Gasteiger charge is 2.29. The van der Waals surface area contributed by atoms with Gasteiger partial charge in [-0.2, -0.15) is 5.10 Å². The molecule has 1 aromatic heterocycles. The topological polar surface area (TPSA) is 125 Å². The van der Waals surface area contributed by atoms with Gasteiger partial charge in [-0.1, -0.05) is 6.92 Å². The van der Waals surface area contributed by atoms with Crippen LogP contribution in [-0.2, 0) is 22.4 Å². The fraction of sp³-hybridized carbons (Fsp3) is 0.375. The lowest BCUT2D eigenvalue weighted by atomic mass is 9.88. The largest absolute Gasteiger partial charge is 0.493 e. The van der Waals surface area contributed by atoms with Crippen molar-refractivity contribution in [1.82, 2.24) is 5.43 Å². The Morgan fingerprint density at radius 1 is 1.09 bits per heavy atom. The summed E-state index contributed by atoms with van der Waals surface area (Å²) < 4.78 is 21.9. The first-order valence-corrected chi connectivity index (χ1v) is 15.1. The average molecular weight is 608 g/mol. The number of rotatable bonds is 12. The zero-order valence-corrected chi connectivity index (χ0v) is 25.8. The summed E-state index contributed by atoms with van der Waals surface area (Å²) in [5.41, 5.74) is 5.01. The number of hydrogen-bond acceptors (Lipinski definition) is 9. The summed E-state index contributed by atoms with van der Waals surface area (Å²) in [4.78, 5) is 39.5. The molecule has 1 aliphatic carbocycles. The first kappa shape index (κ1) is 31.6. The number of carbonyl (C=O) groups is 3. The molecular weight excluding hydrogens is 570 g/mol. The minimum Gasteiger partial charge on any atom is -0.493 e. The van der Waals surface area contributed by atoms with E-state index in [4.69, 9.17) is 18.9 Å². The predicted molar refractivity (Wildman–Crippen MR) is 166 cm³/mol. The molecule has 0 saturated heterocycles. The van der Waals surface area contributed by atoms with Crippen LogP contribution >= 0.6 is 11.3 Å². The van der Waals surface area contributed by atoms with Gasteiger partial charge in [-0.25, -0.2) is 10.2 Å². The molecule has 4 rings (SSSR count). The van der Waals surface area contributed by atoms with Crippen LogP contribution in [0.4, 0.5) is 5.00 Å². The van der Waals surface area contributed by atoms with Gasteiger partial charge in [0.1, 0.15) is 10.8 Å². The van der Waals surface area contributed by atoms with Gasteiger partial charge in [-0.05, 0) is 99.5 Å². The molecule has 3 aromatic rings. The highest BCUT2D eigenvalue weighted by atomic mass is 32.1. The number of thiophene rings is 1. The van der Waals surface area contributed by atoms with Gasteiger partial charge in [0.2, 0.25) is 0 Å². The Balaban J connectivity index is 1.35. The molecule has 0 saturated carbocycles. The fourth-order valence-electron chi connectivity index (χ4n) is 4.68. The van der Waals surface area contributed by atoms with Gasteiger partial charge in [-0.15, -0.1) is 11.3 Å². The molecule has 2 aromatic carbocycles. The van der Waals surface area contributed by atoms with Crippen molar-refractivity contribution in [3.8, 4) is 17.2 Å². The predicted octanol–water partition coefficient (Wildman–Crippen LogP) is 5.63. The highest BCUT2D eigenvalue weighted by molar-refractivity contribution is 7.17. The third-order valence-corrected chi connectivity index (χ3v) is 8.06. The second-order valence-electron chi connectivity index (χ2n) is 10.1. The van der Waals surface area contributed by atoms with Crippen LogP contribution in [0.25, 0.3) is 0 Å². The molecule has 11 heteroatoms. The van der Waals surface area contributed by atoms with Crippen LogP contribution in [-0.4, -0.2) is 50.4 Å². The number of amides is 2. The van der Waals surface area contributed by atoms with Gasteiger partial charge < -0.3 is 24.3 Å². The zero-order chi connectivity index (χ0) is 30.9. The van der Waals surface area contributed by atoms with Crippen LogP contribution in [0.2, 0.25) is 0 Å². The molecule has 2 atom stereocenters. The molecule has 0 aliphatic heterocycles. The molecule has 0 radical (unpaired) electrons. The summed E-state index contributed by atoms with van der Waals surface area (Å²) >= 11 is 1.44. The smallest absolute Gasteiger partial charge is 0.341 e. The van der Waals surface area contributed by atoms with Crippen molar-refractivity contribution in [2.75, 3.05) is 25.6 Å². The number of anilines is 1. The Kier molecular flexibility index (Phi) is 10.8.